The highest BCUT2D eigenvalue weighted by molar-refractivity contribution is 7.26. The summed E-state index contributed by atoms with van der Waals surface area (Å²) < 4.78 is 4.97. The van der Waals surface area contributed by atoms with E-state index in [4.69, 9.17) is 9.97 Å². The molecule has 234 valence electrons. The zero-order valence-corrected chi connectivity index (χ0v) is 28.5. The minimum atomic E-state index is 0.731. The van der Waals surface area contributed by atoms with Gasteiger partial charge in [0.1, 0.15) is 0 Å². The summed E-state index contributed by atoms with van der Waals surface area (Å²) in [6.45, 7) is 0. The SMILES string of the molecule is c1ccc(-c2cccc(-c3nc(-c4cccc(-c5cccc(-c6cccc7c6sc6ccccc67)c5)c4)nc4c3sc3ccccc34)c2)cc1. The minimum Gasteiger partial charge on any atom is -0.226 e. The molecule has 10 rings (SSSR count). The normalized spacial score (nSPS) is 11.6. The maximum absolute atomic E-state index is 5.33. The van der Waals surface area contributed by atoms with Crippen LogP contribution in [0.15, 0.2) is 170 Å². The Bertz CT molecular complexity index is 2880. The third kappa shape index (κ3) is 4.92. The molecule has 0 atom stereocenters. The van der Waals surface area contributed by atoms with Gasteiger partial charge in [0.25, 0.3) is 0 Å². The van der Waals surface area contributed by atoms with Crippen LogP contribution in [0.25, 0.3) is 96.5 Å². The molecule has 3 heterocycles. The number of hydrogen-bond acceptors (Lipinski definition) is 4. The smallest absolute Gasteiger partial charge is 0.160 e. The minimum absolute atomic E-state index is 0.731. The summed E-state index contributed by atoms with van der Waals surface area (Å²) in [6.07, 6.45) is 0. The number of benzene rings is 7. The Balaban J connectivity index is 1.10. The lowest BCUT2D eigenvalue weighted by Crippen LogP contribution is -1.94. The predicted octanol–water partition coefficient (Wildman–Crippen LogP) is 13.5. The number of fused-ring (bicyclic) bond motifs is 6. The molecular weight excluding hydrogens is 645 g/mol. The van der Waals surface area contributed by atoms with Crippen molar-refractivity contribution in [3.8, 4) is 56.0 Å². The molecule has 0 N–H and O–H groups in total. The molecule has 3 aromatic heterocycles. The second kappa shape index (κ2) is 11.9. The maximum Gasteiger partial charge on any atom is 0.160 e. The van der Waals surface area contributed by atoms with Crippen LogP contribution in [0.1, 0.15) is 0 Å². The van der Waals surface area contributed by atoms with Gasteiger partial charge in [0, 0.05) is 41.4 Å². The van der Waals surface area contributed by atoms with Crippen molar-refractivity contribution in [2.45, 2.75) is 0 Å². The van der Waals surface area contributed by atoms with Crippen LogP contribution in [-0.2, 0) is 0 Å². The average molecular weight is 673 g/mol. The molecule has 10 aromatic rings. The van der Waals surface area contributed by atoms with E-state index in [1.54, 1.807) is 11.3 Å². The molecule has 0 aliphatic heterocycles. The Morgan fingerprint density at radius 3 is 1.66 bits per heavy atom. The first-order valence-corrected chi connectivity index (χ1v) is 18.4. The molecular formula is C46H28N2S2. The van der Waals surface area contributed by atoms with Gasteiger partial charge in [-0.05, 0) is 63.7 Å². The highest BCUT2D eigenvalue weighted by Gasteiger charge is 2.18. The summed E-state index contributed by atoms with van der Waals surface area (Å²) >= 11 is 3.64. The molecule has 0 amide bonds. The highest BCUT2D eigenvalue weighted by Crippen LogP contribution is 2.42. The lowest BCUT2D eigenvalue weighted by molar-refractivity contribution is 1.24. The van der Waals surface area contributed by atoms with Crippen molar-refractivity contribution in [1.82, 2.24) is 9.97 Å². The third-order valence-electron chi connectivity index (χ3n) is 9.49. The number of aromatic nitrogens is 2. The average Bonchev–Trinajstić information content (AvgIpc) is 3.77. The van der Waals surface area contributed by atoms with Crippen molar-refractivity contribution in [2.24, 2.45) is 0 Å². The van der Waals surface area contributed by atoms with Crippen LogP contribution >= 0.6 is 22.7 Å². The van der Waals surface area contributed by atoms with Crippen LogP contribution in [0.2, 0.25) is 0 Å². The maximum atomic E-state index is 5.33. The molecule has 50 heavy (non-hydrogen) atoms. The van der Waals surface area contributed by atoms with E-state index in [2.05, 4.69) is 170 Å². The van der Waals surface area contributed by atoms with Crippen LogP contribution < -0.4 is 0 Å². The van der Waals surface area contributed by atoms with Crippen LogP contribution in [0.5, 0.6) is 0 Å². The Labute approximate surface area is 297 Å². The number of hydrogen-bond donors (Lipinski definition) is 0. The monoisotopic (exact) mass is 672 g/mol. The first-order valence-electron chi connectivity index (χ1n) is 16.7. The fourth-order valence-electron chi connectivity index (χ4n) is 7.07. The summed E-state index contributed by atoms with van der Waals surface area (Å²) in [5, 5.41) is 3.80. The van der Waals surface area contributed by atoms with Gasteiger partial charge in [0.2, 0.25) is 0 Å². The van der Waals surface area contributed by atoms with Gasteiger partial charge in [-0.2, -0.15) is 0 Å². The zero-order valence-electron chi connectivity index (χ0n) is 26.9. The van der Waals surface area contributed by atoms with Crippen molar-refractivity contribution in [3.05, 3.63) is 170 Å². The lowest BCUT2D eigenvalue weighted by atomic mass is 9.97. The summed E-state index contributed by atoms with van der Waals surface area (Å²) in [4.78, 5) is 10.6. The van der Waals surface area contributed by atoms with E-state index >= 15 is 0 Å². The summed E-state index contributed by atoms with van der Waals surface area (Å²) in [5.41, 5.74) is 11.2. The van der Waals surface area contributed by atoms with Crippen molar-refractivity contribution in [2.75, 3.05) is 0 Å². The Kier molecular flexibility index (Phi) is 6.90. The van der Waals surface area contributed by atoms with E-state index in [9.17, 15) is 0 Å². The van der Waals surface area contributed by atoms with E-state index in [1.165, 1.54) is 52.7 Å². The predicted molar refractivity (Wildman–Crippen MR) is 215 cm³/mol. The third-order valence-corrected chi connectivity index (χ3v) is 11.9. The Morgan fingerprint density at radius 2 is 0.860 bits per heavy atom. The number of rotatable bonds is 5. The molecule has 0 saturated carbocycles. The zero-order chi connectivity index (χ0) is 33.0. The molecule has 7 aromatic carbocycles. The van der Waals surface area contributed by atoms with E-state index < -0.39 is 0 Å². The van der Waals surface area contributed by atoms with Gasteiger partial charge in [-0.25, -0.2) is 9.97 Å². The van der Waals surface area contributed by atoms with Gasteiger partial charge in [0.15, 0.2) is 5.82 Å². The second-order valence-electron chi connectivity index (χ2n) is 12.6. The van der Waals surface area contributed by atoms with Gasteiger partial charge in [-0.15, -0.1) is 22.7 Å². The van der Waals surface area contributed by atoms with Crippen molar-refractivity contribution < 1.29 is 0 Å². The van der Waals surface area contributed by atoms with Crippen LogP contribution in [-0.4, -0.2) is 9.97 Å². The molecule has 2 nitrogen and oxygen atoms in total. The summed E-state index contributed by atoms with van der Waals surface area (Å²) in [6, 6.07) is 60.7. The molecule has 0 saturated heterocycles. The molecule has 0 fully saturated rings. The summed E-state index contributed by atoms with van der Waals surface area (Å²) in [5.74, 6) is 0.731. The second-order valence-corrected chi connectivity index (χ2v) is 14.7. The topological polar surface area (TPSA) is 25.8 Å². The molecule has 4 heteroatoms. The molecule has 0 unspecified atom stereocenters. The van der Waals surface area contributed by atoms with Gasteiger partial charge >= 0.3 is 0 Å². The standard InChI is InChI=1S/C46H28N2S2/c1-2-12-29(13-3-1)30-14-9-18-34(27-30)42-45-43(39-21-5-7-25-41(39)50-45)48-46(47-42)35-19-10-16-32(28-35)31-15-8-17-33(26-31)36-22-11-23-38-37-20-4-6-24-40(37)49-44(36)38/h1-28H. The van der Waals surface area contributed by atoms with Gasteiger partial charge < -0.3 is 0 Å². The lowest BCUT2D eigenvalue weighted by Gasteiger charge is -2.11. The van der Waals surface area contributed by atoms with Gasteiger partial charge in [-0.3, -0.25) is 0 Å². The van der Waals surface area contributed by atoms with Crippen LogP contribution in [0.4, 0.5) is 0 Å². The van der Waals surface area contributed by atoms with Crippen molar-refractivity contribution >= 4 is 63.1 Å². The Hall–Kier alpha value is -5.94. The molecule has 0 aliphatic carbocycles. The van der Waals surface area contributed by atoms with Gasteiger partial charge in [0.05, 0.1) is 15.9 Å². The van der Waals surface area contributed by atoms with Crippen LogP contribution in [0, 0.1) is 0 Å². The molecule has 0 bridgehead atoms. The molecule has 0 radical (unpaired) electrons. The first kappa shape index (κ1) is 29.0. The largest absolute Gasteiger partial charge is 0.226 e. The number of nitrogens with zero attached hydrogens (tertiary/aromatic N) is 2. The van der Waals surface area contributed by atoms with Crippen molar-refractivity contribution in [1.29, 1.82) is 0 Å². The Morgan fingerprint density at radius 1 is 0.340 bits per heavy atom. The van der Waals surface area contributed by atoms with Gasteiger partial charge in [-0.1, -0.05) is 140 Å². The van der Waals surface area contributed by atoms with Crippen molar-refractivity contribution in [3.63, 3.8) is 0 Å². The van der Waals surface area contributed by atoms with Crippen LogP contribution in [0.3, 0.4) is 0 Å². The highest BCUT2D eigenvalue weighted by atomic mass is 32.1. The van der Waals surface area contributed by atoms with E-state index in [-0.39, 0.29) is 0 Å². The van der Waals surface area contributed by atoms with E-state index in [0.717, 1.165) is 43.8 Å². The fraction of sp³-hybridized carbons (Fsp3) is 0. The fourth-order valence-corrected chi connectivity index (χ4v) is 9.46. The quantitative estimate of drug-likeness (QED) is 0.182. The molecule has 0 aliphatic rings. The first-order chi connectivity index (χ1) is 24.8. The number of thiophene rings is 2. The summed E-state index contributed by atoms with van der Waals surface area (Å²) in [7, 11) is 0. The van der Waals surface area contributed by atoms with E-state index in [0.29, 0.717) is 0 Å². The van der Waals surface area contributed by atoms with E-state index in [1.807, 2.05) is 11.3 Å². The molecule has 0 spiro atoms.